The van der Waals surface area contributed by atoms with Crippen molar-refractivity contribution < 1.29 is 8.83 Å². The number of hydrogen-bond acceptors (Lipinski definition) is 2. The Morgan fingerprint density at radius 3 is 1.40 bits per heavy atom. The third-order valence-electron chi connectivity index (χ3n) is 6.56. The molecule has 0 aromatic heterocycles. The Labute approximate surface area is 170 Å². The van der Waals surface area contributed by atoms with E-state index in [1.54, 1.807) is 0 Å². The molecule has 0 saturated carbocycles. The molecule has 0 bridgehead atoms. The molecule has 2 aliphatic rings. The van der Waals surface area contributed by atoms with Gasteiger partial charge in [0.05, 0.1) is 0 Å². The quantitative estimate of drug-likeness (QED) is 0.195. The molecule has 2 heterocycles. The Bertz CT molecular complexity index is 1760. The summed E-state index contributed by atoms with van der Waals surface area (Å²) < 4.78 is 13.2. The van der Waals surface area contributed by atoms with E-state index in [1.807, 2.05) is 0 Å². The molecule has 30 heavy (non-hydrogen) atoms. The number of fused-ring (bicyclic) bond motifs is 4. The van der Waals surface area contributed by atoms with Crippen molar-refractivity contribution in [1.82, 2.24) is 0 Å². The van der Waals surface area contributed by atoms with E-state index in [1.165, 1.54) is 21.5 Å². The normalized spacial score (nSPS) is 12.7. The average Bonchev–Trinajstić information content (AvgIpc) is 2.80. The lowest BCUT2D eigenvalue weighted by Gasteiger charge is -2.21. The summed E-state index contributed by atoms with van der Waals surface area (Å²) in [5.74, 6) is 0. The van der Waals surface area contributed by atoms with E-state index < -0.39 is 0 Å². The van der Waals surface area contributed by atoms with E-state index in [4.69, 9.17) is 8.83 Å². The van der Waals surface area contributed by atoms with Gasteiger partial charge in [0.25, 0.3) is 0 Å². The highest BCUT2D eigenvalue weighted by Crippen LogP contribution is 2.50. The maximum Gasteiger partial charge on any atom is 0.143 e. The van der Waals surface area contributed by atoms with Crippen LogP contribution in [-0.4, -0.2) is 0 Å². The molecule has 0 radical (unpaired) electrons. The lowest BCUT2D eigenvalue weighted by Crippen LogP contribution is -1.95. The van der Waals surface area contributed by atoms with E-state index in [2.05, 4.69) is 84.9 Å². The van der Waals surface area contributed by atoms with Crippen LogP contribution in [0.3, 0.4) is 0 Å². The molecule has 0 fully saturated rings. The van der Waals surface area contributed by atoms with Crippen molar-refractivity contribution in [2.24, 2.45) is 0 Å². The van der Waals surface area contributed by atoms with Crippen LogP contribution in [0.15, 0.2) is 93.8 Å². The van der Waals surface area contributed by atoms with Crippen molar-refractivity contribution in [1.29, 1.82) is 0 Å². The van der Waals surface area contributed by atoms with Gasteiger partial charge in [0.15, 0.2) is 0 Å². The summed E-state index contributed by atoms with van der Waals surface area (Å²) in [6.45, 7) is 0. The van der Waals surface area contributed by atoms with Crippen molar-refractivity contribution in [3.05, 3.63) is 84.9 Å². The smallest absolute Gasteiger partial charge is 0.143 e. The molecule has 0 atom stereocenters. The monoisotopic (exact) mass is 382 g/mol. The average molecular weight is 382 g/mol. The third kappa shape index (κ3) is 1.63. The van der Waals surface area contributed by atoms with Crippen LogP contribution in [0.5, 0.6) is 0 Å². The maximum absolute atomic E-state index is 6.61. The van der Waals surface area contributed by atoms with Gasteiger partial charge >= 0.3 is 0 Å². The van der Waals surface area contributed by atoms with Crippen LogP contribution in [0.25, 0.3) is 76.5 Å². The van der Waals surface area contributed by atoms with Crippen molar-refractivity contribution in [2.45, 2.75) is 0 Å². The Morgan fingerprint density at radius 2 is 0.900 bits per heavy atom. The summed E-state index contributed by atoms with van der Waals surface area (Å²) >= 11 is 0. The van der Waals surface area contributed by atoms with Crippen LogP contribution >= 0.6 is 0 Å². The van der Waals surface area contributed by atoms with Gasteiger partial charge in [-0.1, -0.05) is 60.7 Å². The number of benzene rings is 6. The van der Waals surface area contributed by atoms with Crippen molar-refractivity contribution >= 4 is 65.4 Å². The fraction of sp³-hybridized carbons (Fsp3) is 0. The van der Waals surface area contributed by atoms with Gasteiger partial charge in [-0.05, 0) is 45.8 Å². The molecule has 2 nitrogen and oxygen atoms in total. The van der Waals surface area contributed by atoms with Crippen LogP contribution in [-0.2, 0) is 0 Å². The van der Waals surface area contributed by atoms with Gasteiger partial charge < -0.3 is 8.83 Å². The van der Waals surface area contributed by atoms with Gasteiger partial charge in [-0.25, -0.2) is 0 Å². The molecule has 0 saturated heterocycles. The van der Waals surface area contributed by atoms with Crippen LogP contribution in [0.2, 0.25) is 0 Å². The fourth-order valence-corrected chi connectivity index (χ4v) is 5.29. The molecule has 6 aromatic rings. The van der Waals surface area contributed by atoms with Gasteiger partial charge in [-0.15, -0.1) is 0 Å². The second-order valence-electron chi connectivity index (χ2n) is 8.13. The highest BCUT2D eigenvalue weighted by atomic mass is 16.3. The van der Waals surface area contributed by atoms with Gasteiger partial charge in [0.1, 0.15) is 22.3 Å². The molecule has 2 aliphatic heterocycles. The molecule has 6 aromatic carbocycles. The molecule has 0 aliphatic carbocycles. The van der Waals surface area contributed by atoms with Crippen molar-refractivity contribution in [2.75, 3.05) is 0 Å². The summed E-state index contributed by atoms with van der Waals surface area (Å²) in [5, 5.41) is 9.29. The van der Waals surface area contributed by atoms with E-state index in [-0.39, 0.29) is 0 Å². The van der Waals surface area contributed by atoms with E-state index >= 15 is 0 Å². The molecule has 0 spiro atoms. The standard InChI is InChI=1S/C28H14O2/c1-3-7-19-15(5-1)13-17-9-11-22-25-23(17)27(19)29-21-12-10-18-14-16-6-2-4-8-20(16)28(30-22)24(18)26(21)25/h1-14H. The highest BCUT2D eigenvalue weighted by molar-refractivity contribution is 6.29. The molecular formula is C28H14O2. The van der Waals surface area contributed by atoms with Crippen molar-refractivity contribution in [3.63, 3.8) is 0 Å². The first-order valence-electron chi connectivity index (χ1n) is 10.2. The first-order valence-corrected chi connectivity index (χ1v) is 10.2. The molecule has 138 valence electrons. The topological polar surface area (TPSA) is 26.3 Å². The summed E-state index contributed by atoms with van der Waals surface area (Å²) in [5.41, 5.74) is 5.98. The van der Waals surface area contributed by atoms with Gasteiger partial charge in [-0.2, -0.15) is 0 Å². The lowest BCUT2D eigenvalue weighted by molar-refractivity contribution is 0.650. The van der Waals surface area contributed by atoms with E-state index in [0.717, 1.165) is 55.0 Å². The van der Waals surface area contributed by atoms with Crippen LogP contribution in [0.1, 0.15) is 0 Å². The summed E-state index contributed by atoms with van der Waals surface area (Å²) in [4.78, 5) is 0. The fourth-order valence-electron chi connectivity index (χ4n) is 5.29. The molecular weight excluding hydrogens is 368 g/mol. The van der Waals surface area contributed by atoms with Crippen LogP contribution < -0.4 is 0 Å². The Hall–Kier alpha value is -4.04. The Morgan fingerprint density at radius 1 is 0.433 bits per heavy atom. The van der Waals surface area contributed by atoms with Crippen molar-refractivity contribution in [3.8, 4) is 11.1 Å². The Kier molecular flexibility index (Phi) is 2.44. The predicted octanol–water partition coefficient (Wildman–Crippen LogP) is 8.33. The minimum atomic E-state index is 0.903. The van der Waals surface area contributed by atoms with Gasteiger partial charge in [-0.3, -0.25) is 0 Å². The molecule has 0 unspecified atom stereocenters. The SMILES string of the molecule is c1ccc2c(c1)cc1ccc3oc4c5ccccc5cc5ccc6oc2c1c3-c6c54. The number of hydrogen-bond donors (Lipinski definition) is 0. The molecule has 2 heteroatoms. The third-order valence-corrected chi connectivity index (χ3v) is 6.56. The molecule has 8 rings (SSSR count). The lowest BCUT2D eigenvalue weighted by atomic mass is 9.88. The number of rotatable bonds is 0. The maximum atomic E-state index is 6.61. The van der Waals surface area contributed by atoms with Crippen LogP contribution in [0.4, 0.5) is 0 Å². The van der Waals surface area contributed by atoms with Crippen LogP contribution in [0, 0.1) is 0 Å². The molecule has 0 amide bonds. The zero-order chi connectivity index (χ0) is 19.4. The minimum Gasteiger partial charge on any atom is -0.455 e. The predicted molar refractivity (Wildman–Crippen MR) is 124 cm³/mol. The zero-order valence-electron chi connectivity index (χ0n) is 15.9. The first kappa shape index (κ1) is 14.9. The minimum absolute atomic E-state index is 0.903. The van der Waals surface area contributed by atoms with Gasteiger partial charge in [0, 0.05) is 32.7 Å². The Balaban J connectivity index is 1.76. The summed E-state index contributed by atoms with van der Waals surface area (Å²) in [6.07, 6.45) is 0. The zero-order valence-corrected chi connectivity index (χ0v) is 15.9. The van der Waals surface area contributed by atoms with E-state index in [0.29, 0.717) is 0 Å². The largest absolute Gasteiger partial charge is 0.455 e. The summed E-state index contributed by atoms with van der Waals surface area (Å²) in [7, 11) is 0. The molecule has 0 N–H and O–H groups in total. The summed E-state index contributed by atoms with van der Waals surface area (Å²) in [6, 6.07) is 29.9. The second-order valence-corrected chi connectivity index (χ2v) is 8.13. The van der Waals surface area contributed by atoms with E-state index in [9.17, 15) is 0 Å². The van der Waals surface area contributed by atoms with Gasteiger partial charge in [0.2, 0.25) is 0 Å². The first-order chi connectivity index (χ1) is 14.9. The second kappa shape index (κ2) is 4.92. The highest BCUT2D eigenvalue weighted by Gasteiger charge is 2.26.